The molecule has 6 heteroatoms. The highest BCUT2D eigenvalue weighted by Crippen LogP contribution is 2.15. The smallest absolute Gasteiger partial charge is 0.306 e. The number of ether oxygens (including phenoxy) is 3. The van der Waals surface area contributed by atoms with Crippen LogP contribution in [-0.4, -0.2) is 37.2 Å². The standard InChI is InChI=1S/C54H98O6/c1-4-7-10-13-16-19-21-22-23-24-25-26-27-28-29-30-31-32-33-36-38-41-44-47-53(56)59-50-51(49-58-52(55)46-43-40-37-34-18-15-12-9-6-3)60-54(57)48-45-42-39-35-20-17-14-11-8-5-2/h21-22,24-25,27-28,51H,4-20,23,26,29-50H2,1-3H3/b22-21-,25-24-,28-27-. The summed E-state index contributed by atoms with van der Waals surface area (Å²) in [7, 11) is 0. The lowest BCUT2D eigenvalue weighted by Gasteiger charge is -2.18. The largest absolute Gasteiger partial charge is 0.462 e. The normalized spacial score (nSPS) is 12.2. The van der Waals surface area contributed by atoms with Crippen molar-refractivity contribution >= 4 is 17.9 Å². The van der Waals surface area contributed by atoms with Crippen LogP contribution in [0.1, 0.15) is 271 Å². The van der Waals surface area contributed by atoms with Crippen molar-refractivity contribution in [1.82, 2.24) is 0 Å². The summed E-state index contributed by atoms with van der Waals surface area (Å²) in [4.78, 5) is 37.8. The molecule has 0 rings (SSSR count). The Labute approximate surface area is 372 Å². The van der Waals surface area contributed by atoms with Gasteiger partial charge in [-0.05, 0) is 57.8 Å². The van der Waals surface area contributed by atoms with Crippen LogP contribution in [0.15, 0.2) is 36.5 Å². The van der Waals surface area contributed by atoms with Crippen LogP contribution in [0.5, 0.6) is 0 Å². The number of carbonyl (C=O) groups excluding carboxylic acids is 3. The van der Waals surface area contributed by atoms with Gasteiger partial charge in [0.1, 0.15) is 13.2 Å². The minimum atomic E-state index is -0.768. The van der Waals surface area contributed by atoms with Crippen LogP contribution in [0.25, 0.3) is 0 Å². The maximum Gasteiger partial charge on any atom is 0.306 e. The lowest BCUT2D eigenvalue weighted by molar-refractivity contribution is -0.167. The van der Waals surface area contributed by atoms with Crippen LogP contribution in [0.4, 0.5) is 0 Å². The molecule has 0 fully saturated rings. The Bertz CT molecular complexity index is 1020. The molecule has 0 bridgehead atoms. The Morgan fingerprint density at radius 3 is 0.933 bits per heavy atom. The molecule has 0 aliphatic rings. The quantitative estimate of drug-likeness (QED) is 0.0263. The van der Waals surface area contributed by atoms with Crippen LogP contribution < -0.4 is 0 Å². The van der Waals surface area contributed by atoms with Gasteiger partial charge in [-0.1, -0.05) is 231 Å². The highest BCUT2D eigenvalue weighted by atomic mass is 16.6. The molecule has 0 saturated heterocycles. The van der Waals surface area contributed by atoms with Crippen molar-refractivity contribution in [3.63, 3.8) is 0 Å². The van der Waals surface area contributed by atoms with Gasteiger partial charge in [-0.25, -0.2) is 0 Å². The first-order valence-electron chi connectivity index (χ1n) is 26.0. The summed E-state index contributed by atoms with van der Waals surface area (Å²) >= 11 is 0. The van der Waals surface area contributed by atoms with Gasteiger partial charge in [0.15, 0.2) is 6.10 Å². The molecule has 0 N–H and O–H groups in total. The average molecular weight is 843 g/mol. The molecular weight excluding hydrogens is 745 g/mol. The van der Waals surface area contributed by atoms with Crippen molar-refractivity contribution in [3.05, 3.63) is 36.5 Å². The van der Waals surface area contributed by atoms with E-state index in [2.05, 4.69) is 57.2 Å². The van der Waals surface area contributed by atoms with Crippen molar-refractivity contribution in [1.29, 1.82) is 0 Å². The summed E-state index contributed by atoms with van der Waals surface area (Å²) in [6.45, 7) is 6.60. The van der Waals surface area contributed by atoms with Gasteiger partial charge >= 0.3 is 17.9 Å². The summed E-state index contributed by atoms with van der Waals surface area (Å²) in [6, 6.07) is 0. The molecule has 60 heavy (non-hydrogen) atoms. The number of carbonyl (C=O) groups is 3. The Morgan fingerprint density at radius 1 is 0.333 bits per heavy atom. The zero-order valence-corrected chi connectivity index (χ0v) is 40.0. The van der Waals surface area contributed by atoms with E-state index in [4.69, 9.17) is 14.2 Å². The van der Waals surface area contributed by atoms with E-state index in [1.807, 2.05) is 0 Å². The first kappa shape index (κ1) is 57.6. The average Bonchev–Trinajstić information content (AvgIpc) is 3.24. The molecule has 0 aromatic rings. The van der Waals surface area contributed by atoms with Gasteiger partial charge in [-0.2, -0.15) is 0 Å². The molecule has 0 aromatic carbocycles. The molecular formula is C54H98O6. The molecule has 0 aliphatic carbocycles. The fourth-order valence-corrected chi connectivity index (χ4v) is 7.45. The van der Waals surface area contributed by atoms with Crippen molar-refractivity contribution in [2.45, 2.75) is 277 Å². The van der Waals surface area contributed by atoms with E-state index in [0.717, 1.165) is 77.0 Å². The fraction of sp³-hybridized carbons (Fsp3) is 0.833. The van der Waals surface area contributed by atoms with Crippen LogP contribution >= 0.6 is 0 Å². The summed E-state index contributed by atoms with van der Waals surface area (Å²) in [5.74, 6) is -0.874. The van der Waals surface area contributed by atoms with Gasteiger partial charge in [-0.3, -0.25) is 14.4 Å². The summed E-state index contributed by atoms with van der Waals surface area (Å²) in [6.07, 6.45) is 57.1. The minimum absolute atomic E-state index is 0.0710. The Balaban J connectivity index is 4.19. The van der Waals surface area contributed by atoms with Crippen LogP contribution in [0.3, 0.4) is 0 Å². The second kappa shape index (κ2) is 49.3. The fourth-order valence-electron chi connectivity index (χ4n) is 7.45. The lowest BCUT2D eigenvalue weighted by Crippen LogP contribution is -2.30. The molecule has 6 nitrogen and oxygen atoms in total. The first-order valence-corrected chi connectivity index (χ1v) is 26.0. The molecule has 0 saturated carbocycles. The van der Waals surface area contributed by atoms with E-state index in [9.17, 15) is 14.4 Å². The van der Waals surface area contributed by atoms with Crippen molar-refractivity contribution in [2.75, 3.05) is 13.2 Å². The van der Waals surface area contributed by atoms with E-state index in [1.54, 1.807) is 0 Å². The predicted octanol–water partition coefficient (Wildman–Crippen LogP) is 16.9. The SMILES string of the molecule is CCCCCCC/C=C\C/C=C\C/C=C\CCCCCCCCCCC(=O)OCC(COC(=O)CCCCCCCCCCC)OC(=O)CCCCCCCCCCCC. The van der Waals surface area contributed by atoms with E-state index >= 15 is 0 Å². The van der Waals surface area contributed by atoms with Gasteiger partial charge in [0.25, 0.3) is 0 Å². The first-order chi connectivity index (χ1) is 29.5. The number of unbranched alkanes of at least 4 members (excludes halogenated alkanes) is 30. The topological polar surface area (TPSA) is 78.9 Å². The molecule has 0 heterocycles. The monoisotopic (exact) mass is 843 g/mol. The zero-order valence-electron chi connectivity index (χ0n) is 40.0. The number of allylic oxidation sites excluding steroid dienone is 6. The second-order valence-electron chi connectivity index (χ2n) is 17.4. The van der Waals surface area contributed by atoms with E-state index < -0.39 is 6.10 Å². The molecule has 1 unspecified atom stereocenters. The van der Waals surface area contributed by atoms with Crippen molar-refractivity contribution < 1.29 is 28.6 Å². The molecule has 350 valence electrons. The van der Waals surface area contributed by atoms with Crippen molar-refractivity contribution in [3.8, 4) is 0 Å². The summed E-state index contributed by atoms with van der Waals surface area (Å²) in [5, 5.41) is 0. The predicted molar refractivity (Wildman–Crippen MR) is 256 cm³/mol. The van der Waals surface area contributed by atoms with Gasteiger partial charge < -0.3 is 14.2 Å². The summed E-state index contributed by atoms with van der Waals surface area (Å²) < 4.78 is 16.7. The lowest BCUT2D eigenvalue weighted by atomic mass is 10.1. The zero-order chi connectivity index (χ0) is 43.7. The highest BCUT2D eigenvalue weighted by Gasteiger charge is 2.19. The van der Waals surface area contributed by atoms with Gasteiger partial charge in [0, 0.05) is 19.3 Å². The molecule has 0 radical (unpaired) electrons. The minimum Gasteiger partial charge on any atom is -0.462 e. The number of hydrogen-bond donors (Lipinski definition) is 0. The molecule has 0 amide bonds. The van der Waals surface area contributed by atoms with Crippen molar-refractivity contribution in [2.24, 2.45) is 0 Å². The van der Waals surface area contributed by atoms with Crippen LogP contribution in [-0.2, 0) is 28.6 Å². The maximum atomic E-state index is 12.7. The summed E-state index contributed by atoms with van der Waals surface area (Å²) in [5.41, 5.74) is 0. The third-order valence-electron chi connectivity index (χ3n) is 11.4. The molecule has 0 aromatic heterocycles. The molecule has 0 aliphatic heterocycles. The highest BCUT2D eigenvalue weighted by molar-refractivity contribution is 5.71. The van der Waals surface area contributed by atoms with Crippen LogP contribution in [0, 0.1) is 0 Å². The number of hydrogen-bond acceptors (Lipinski definition) is 6. The number of esters is 3. The van der Waals surface area contributed by atoms with Crippen LogP contribution in [0.2, 0.25) is 0 Å². The Hall–Kier alpha value is -2.37. The third-order valence-corrected chi connectivity index (χ3v) is 11.4. The molecule has 1 atom stereocenters. The van der Waals surface area contributed by atoms with Gasteiger partial charge in [0.2, 0.25) is 0 Å². The number of rotatable bonds is 47. The van der Waals surface area contributed by atoms with Gasteiger partial charge in [-0.15, -0.1) is 0 Å². The van der Waals surface area contributed by atoms with E-state index in [0.29, 0.717) is 19.3 Å². The Morgan fingerprint density at radius 2 is 0.600 bits per heavy atom. The van der Waals surface area contributed by atoms with E-state index in [1.165, 1.54) is 154 Å². The maximum absolute atomic E-state index is 12.7. The van der Waals surface area contributed by atoms with E-state index in [-0.39, 0.29) is 31.1 Å². The van der Waals surface area contributed by atoms with Gasteiger partial charge in [0.05, 0.1) is 0 Å². The second-order valence-corrected chi connectivity index (χ2v) is 17.4. The Kier molecular flexibility index (Phi) is 47.3. The molecule has 0 spiro atoms. The third kappa shape index (κ3) is 46.7.